The lowest BCUT2D eigenvalue weighted by Crippen LogP contribution is -2.41. The number of aliphatic hydroxyl groups is 1. The minimum absolute atomic E-state index is 0.456. The molecule has 6 heteroatoms. The van der Waals surface area contributed by atoms with Gasteiger partial charge in [0.2, 0.25) is 0 Å². The minimum atomic E-state index is -1.36. The molecule has 1 aliphatic heterocycles. The quantitative estimate of drug-likeness (QED) is 0.534. The van der Waals surface area contributed by atoms with Crippen LogP contribution in [0.5, 0.6) is 5.75 Å². The van der Waals surface area contributed by atoms with Crippen LogP contribution in [0.1, 0.15) is 30.9 Å². The summed E-state index contributed by atoms with van der Waals surface area (Å²) in [6, 6.07) is 11.8. The molecule has 1 N–H and O–H groups in total. The van der Waals surface area contributed by atoms with Gasteiger partial charge in [-0.2, -0.15) is 0 Å². The van der Waals surface area contributed by atoms with Crippen molar-refractivity contribution < 1.29 is 19.0 Å². The zero-order chi connectivity index (χ0) is 23.1. The van der Waals surface area contributed by atoms with Gasteiger partial charge in [-0.15, -0.1) is 0 Å². The lowest BCUT2D eigenvalue weighted by molar-refractivity contribution is 0.0319. The lowest BCUT2D eigenvalue weighted by atomic mass is 9.87. The van der Waals surface area contributed by atoms with Crippen LogP contribution in [0.2, 0.25) is 0 Å². The number of morpholine rings is 1. The molecule has 0 amide bonds. The van der Waals surface area contributed by atoms with E-state index in [1.165, 1.54) is 0 Å². The Balaban J connectivity index is 1.78. The van der Waals surface area contributed by atoms with Gasteiger partial charge in [-0.1, -0.05) is 31.4 Å². The highest BCUT2D eigenvalue weighted by atomic mass is 16.5. The number of hydrogen-bond donors (Lipinski definition) is 1. The van der Waals surface area contributed by atoms with Crippen LogP contribution >= 0.6 is 0 Å². The highest BCUT2D eigenvalue weighted by molar-refractivity contribution is 5.35. The van der Waals surface area contributed by atoms with Crippen LogP contribution in [0.25, 0.3) is 0 Å². The van der Waals surface area contributed by atoms with E-state index in [1.807, 2.05) is 30.3 Å². The summed E-state index contributed by atoms with van der Waals surface area (Å²) in [4.78, 5) is 4.77. The number of hydrogen-bond acceptors (Lipinski definition) is 6. The largest absolute Gasteiger partial charge is 0.496 e. The summed E-state index contributed by atoms with van der Waals surface area (Å²) in [7, 11) is 1.70. The van der Waals surface area contributed by atoms with E-state index >= 15 is 0 Å². The van der Waals surface area contributed by atoms with E-state index in [1.54, 1.807) is 21.0 Å². The number of furan rings is 1. The maximum Gasteiger partial charge on any atom is 0.163 e. The van der Waals surface area contributed by atoms with Crippen molar-refractivity contribution >= 4 is 0 Å². The third-order valence-electron chi connectivity index (χ3n) is 6.06. The molecular weight excluding hydrogens is 404 g/mol. The van der Waals surface area contributed by atoms with Crippen LogP contribution < -0.4 is 4.74 Å². The van der Waals surface area contributed by atoms with Crippen molar-refractivity contribution in [3.05, 3.63) is 77.8 Å². The summed E-state index contributed by atoms with van der Waals surface area (Å²) < 4.78 is 17.1. The summed E-state index contributed by atoms with van der Waals surface area (Å²) in [6.45, 7) is 18.1. The normalized spacial score (nSPS) is 15.2. The third-order valence-corrected chi connectivity index (χ3v) is 6.06. The van der Waals surface area contributed by atoms with Gasteiger partial charge < -0.3 is 19.0 Å². The number of nitrogens with zero attached hydrogens (tertiary/aromatic N) is 2. The first-order valence-electron chi connectivity index (χ1n) is 11.1. The predicted octanol–water partition coefficient (Wildman–Crippen LogP) is 3.96. The van der Waals surface area contributed by atoms with E-state index in [4.69, 9.17) is 13.9 Å². The number of ether oxygens (including phenoxy) is 2. The van der Waals surface area contributed by atoms with Crippen molar-refractivity contribution in [1.29, 1.82) is 0 Å². The predicted molar refractivity (Wildman–Crippen MR) is 127 cm³/mol. The fourth-order valence-corrected chi connectivity index (χ4v) is 4.06. The van der Waals surface area contributed by atoms with Gasteiger partial charge in [0.25, 0.3) is 0 Å². The van der Waals surface area contributed by atoms with Crippen LogP contribution in [0.4, 0.5) is 0 Å². The van der Waals surface area contributed by atoms with Gasteiger partial charge in [-0.05, 0) is 43.2 Å². The summed E-state index contributed by atoms with van der Waals surface area (Å²) in [5.74, 6) is 2.12. The Bertz CT molecular complexity index is 900. The van der Waals surface area contributed by atoms with Gasteiger partial charge in [0.1, 0.15) is 17.3 Å². The third kappa shape index (κ3) is 5.70. The molecule has 174 valence electrons. The Kier molecular flexibility index (Phi) is 8.32. The molecule has 0 unspecified atom stereocenters. The van der Waals surface area contributed by atoms with Crippen LogP contribution in [-0.2, 0) is 23.4 Å². The molecule has 1 saturated heterocycles. The van der Waals surface area contributed by atoms with Crippen LogP contribution in [0.15, 0.2) is 65.1 Å². The van der Waals surface area contributed by atoms with E-state index in [-0.39, 0.29) is 0 Å². The van der Waals surface area contributed by atoms with Crippen LogP contribution in [0, 0.1) is 0 Å². The highest BCUT2D eigenvalue weighted by Gasteiger charge is 2.35. The molecule has 0 bridgehead atoms. The smallest absolute Gasteiger partial charge is 0.163 e. The molecule has 3 rings (SSSR count). The molecule has 0 saturated carbocycles. The maximum absolute atomic E-state index is 11.1. The van der Waals surface area contributed by atoms with Gasteiger partial charge in [-0.25, -0.2) is 0 Å². The molecular formula is C26H36N2O4. The van der Waals surface area contributed by atoms with Crippen molar-refractivity contribution in [2.45, 2.75) is 32.5 Å². The Morgan fingerprint density at radius 3 is 2.44 bits per heavy atom. The Hall–Kier alpha value is -2.38. The monoisotopic (exact) mass is 440 g/mol. The first-order valence-corrected chi connectivity index (χ1v) is 11.1. The first kappa shape index (κ1) is 24.3. The second kappa shape index (κ2) is 11.0. The van der Waals surface area contributed by atoms with Crippen LogP contribution in [-0.4, -0.2) is 61.4 Å². The standard InChI is InChI=1S/C26H36N2O4/c1-20(2)26(29,21(3)4)25-11-10-23(32-25)19-28(13-12-27-14-16-31-17-15-27)18-22-8-6-7-9-24(22)30-5/h6-11,29H,1,3,12-19H2,2,4-5H3. The maximum atomic E-state index is 11.1. The van der Waals surface area contributed by atoms with E-state index in [9.17, 15) is 5.11 Å². The van der Waals surface area contributed by atoms with Crippen LogP contribution in [0.3, 0.4) is 0 Å². The average molecular weight is 441 g/mol. The highest BCUT2D eigenvalue weighted by Crippen LogP contribution is 2.36. The molecule has 1 aliphatic rings. The van der Waals surface area contributed by atoms with E-state index in [2.05, 4.69) is 29.0 Å². The molecule has 6 nitrogen and oxygen atoms in total. The van der Waals surface area contributed by atoms with Gasteiger partial charge >= 0.3 is 0 Å². The second-order valence-corrected chi connectivity index (χ2v) is 8.51. The van der Waals surface area contributed by atoms with Crippen molar-refractivity contribution in [3.63, 3.8) is 0 Å². The number of para-hydroxylation sites is 1. The summed E-state index contributed by atoms with van der Waals surface area (Å²) in [6.07, 6.45) is 0. The molecule has 0 aliphatic carbocycles. The zero-order valence-corrected chi connectivity index (χ0v) is 19.6. The molecule has 32 heavy (non-hydrogen) atoms. The molecule has 0 spiro atoms. The van der Waals surface area contributed by atoms with Gasteiger partial charge in [-0.3, -0.25) is 9.80 Å². The van der Waals surface area contributed by atoms with Crippen molar-refractivity contribution in [1.82, 2.24) is 9.80 Å². The molecule has 1 fully saturated rings. The fraction of sp³-hybridized carbons (Fsp3) is 0.462. The average Bonchev–Trinajstić information content (AvgIpc) is 3.26. The Morgan fingerprint density at radius 1 is 1.09 bits per heavy atom. The topological polar surface area (TPSA) is 58.3 Å². The molecule has 2 heterocycles. The molecule has 1 aromatic heterocycles. The van der Waals surface area contributed by atoms with Crippen molar-refractivity contribution in [2.75, 3.05) is 46.5 Å². The number of rotatable bonds is 11. The Labute approximate surface area is 191 Å². The molecule has 2 aromatic rings. The lowest BCUT2D eigenvalue weighted by Gasteiger charge is -2.30. The van der Waals surface area contributed by atoms with Crippen molar-refractivity contribution in [3.8, 4) is 5.75 Å². The Morgan fingerprint density at radius 2 is 1.78 bits per heavy atom. The zero-order valence-electron chi connectivity index (χ0n) is 19.6. The molecule has 0 radical (unpaired) electrons. The first-order chi connectivity index (χ1) is 15.3. The summed E-state index contributed by atoms with van der Waals surface area (Å²) in [5, 5.41) is 11.1. The number of methoxy groups -OCH3 is 1. The minimum Gasteiger partial charge on any atom is -0.496 e. The van der Waals surface area contributed by atoms with Gasteiger partial charge in [0, 0.05) is 38.3 Å². The second-order valence-electron chi connectivity index (χ2n) is 8.51. The summed E-state index contributed by atoms with van der Waals surface area (Å²) in [5.41, 5.74) is 0.942. The molecule has 0 atom stereocenters. The van der Waals surface area contributed by atoms with Crippen molar-refractivity contribution in [2.24, 2.45) is 0 Å². The fourth-order valence-electron chi connectivity index (χ4n) is 4.06. The van der Waals surface area contributed by atoms with E-state index in [0.29, 0.717) is 23.5 Å². The number of benzene rings is 1. The van der Waals surface area contributed by atoms with E-state index in [0.717, 1.165) is 63.0 Å². The molecule has 1 aromatic carbocycles. The SMILES string of the molecule is C=C(C)C(O)(C(=C)C)c1ccc(CN(CCN2CCOCC2)Cc2ccccc2OC)o1. The van der Waals surface area contributed by atoms with Gasteiger partial charge in [0.15, 0.2) is 5.60 Å². The summed E-state index contributed by atoms with van der Waals surface area (Å²) >= 11 is 0. The van der Waals surface area contributed by atoms with Gasteiger partial charge in [0.05, 0.1) is 26.9 Å². The van der Waals surface area contributed by atoms with E-state index < -0.39 is 5.60 Å².